The highest BCUT2D eigenvalue weighted by Crippen LogP contribution is 2.34. The predicted octanol–water partition coefficient (Wildman–Crippen LogP) is 3.94. The number of halogens is 7. The van der Waals surface area contributed by atoms with E-state index in [9.17, 15) is 35.5 Å². The number of carbonyl (C=O) groups excluding carboxylic acids is 1. The van der Waals surface area contributed by atoms with Crippen molar-refractivity contribution >= 4 is 5.91 Å². The molecule has 0 bridgehead atoms. The fourth-order valence-electron chi connectivity index (χ4n) is 4.25. The molecular formula is C23H20F7N5O. The summed E-state index contributed by atoms with van der Waals surface area (Å²) >= 11 is 0. The number of carbonyl (C=O) groups is 1. The van der Waals surface area contributed by atoms with Gasteiger partial charge in [0, 0.05) is 38.0 Å². The van der Waals surface area contributed by atoms with Gasteiger partial charge in [0.1, 0.15) is 11.6 Å². The van der Waals surface area contributed by atoms with Crippen molar-refractivity contribution in [2.24, 2.45) is 5.73 Å². The molecule has 0 fully saturated rings. The summed E-state index contributed by atoms with van der Waals surface area (Å²) < 4.78 is 95.1. The van der Waals surface area contributed by atoms with Crippen molar-refractivity contribution in [3.05, 3.63) is 82.4 Å². The van der Waals surface area contributed by atoms with Gasteiger partial charge in [-0.3, -0.25) is 4.79 Å². The maximum absolute atomic E-state index is 14.0. The lowest BCUT2D eigenvalue weighted by atomic mass is 9.99. The second-order valence-electron chi connectivity index (χ2n) is 8.49. The van der Waals surface area contributed by atoms with Gasteiger partial charge in [-0.1, -0.05) is 12.1 Å². The molecule has 1 amide bonds. The third-order valence-corrected chi connectivity index (χ3v) is 5.94. The minimum Gasteiger partial charge on any atom is -0.330 e. The van der Waals surface area contributed by atoms with Gasteiger partial charge in [0.25, 0.3) is 0 Å². The van der Waals surface area contributed by atoms with Crippen LogP contribution in [0.2, 0.25) is 0 Å². The number of fused-ring (bicyclic) bond motifs is 1. The SMILES string of the molecule is N[C@@H](CC(=O)N1CCn2c(nnc2C(F)(F)F)C1Cc1ccc(F)cc1)Cc1cc(F)c(F)cc1F. The van der Waals surface area contributed by atoms with E-state index in [0.717, 1.165) is 4.57 Å². The average Bonchev–Trinajstić information content (AvgIpc) is 3.24. The first-order chi connectivity index (χ1) is 16.9. The zero-order valence-electron chi connectivity index (χ0n) is 18.6. The molecule has 1 aliphatic rings. The van der Waals surface area contributed by atoms with Crippen LogP contribution >= 0.6 is 0 Å². The molecule has 192 valence electrons. The molecule has 0 spiro atoms. The van der Waals surface area contributed by atoms with Crippen molar-refractivity contribution < 1.29 is 35.5 Å². The number of hydrogen-bond donors (Lipinski definition) is 1. The van der Waals surface area contributed by atoms with Crippen LogP contribution < -0.4 is 5.73 Å². The van der Waals surface area contributed by atoms with E-state index in [4.69, 9.17) is 5.73 Å². The Labute approximate surface area is 200 Å². The molecule has 0 radical (unpaired) electrons. The molecule has 0 saturated heterocycles. The standard InChI is InChI=1S/C23H20F7N5O/c24-14-3-1-12(2-4-14)7-19-21-32-33-22(23(28,29)30)35(21)6-5-34(19)20(36)10-15(31)8-13-9-17(26)18(27)11-16(13)25/h1-4,9,11,15,19H,5-8,10,31H2/t15-,19?/m1/s1. The molecular weight excluding hydrogens is 495 g/mol. The third-order valence-electron chi connectivity index (χ3n) is 5.94. The van der Waals surface area contributed by atoms with Crippen molar-refractivity contribution in [3.8, 4) is 0 Å². The Hall–Kier alpha value is -3.48. The lowest BCUT2D eigenvalue weighted by Gasteiger charge is -2.36. The van der Waals surface area contributed by atoms with Crippen molar-refractivity contribution in [2.75, 3.05) is 6.54 Å². The van der Waals surface area contributed by atoms with Gasteiger partial charge in [-0.15, -0.1) is 10.2 Å². The smallest absolute Gasteiger partial charge is 0.330 e. The van der Waals surface area contributed by atoms with Crippen molar-refractivity contribution in [3.63, 3.8) is 0 Å². The largest absolute Gasteiger partial charge is 0.451 e. The number of nitrogens with zero attached hydrogens (tertiary/aromatic N) is 4. The minimum atomic E-state index is -4.76. The number of alkyl halides is 3. The summed E-state index contributed by atoms with van der Waals surface area (Å²) in [4.78, 5) is 14.5. The van der Waals surface area contributed by atoms with Gasteiger partial charge in [-0.05, 0) is 35.7 Å². The highest BCUT2D eigenvalue weighted by molar-refractivity contribution is 5.77. The normalized spacial score (nSPS) is 16.7. The van der Waals surface area contributed by atoms with Gasteiger partial charge in [0.15, 0.2) is 17.5 Å². The first-order valence-corrected chi connectivity index (χ1v) is 10.9. The van der Waals surface area contributed by atoms with Gasteiger partial charge in [-0.25, -0.2) is 17.6 Å². The molecule has 0 saturated carbocycles. The number of amides is 1. The second kappa shape index (κ2) is 9.88. The molecule has 36 heavy (non-hydrogen) atoms. The number of aromatic nitrogens is 3. The van der Waals surface area contributed by atoms with Gasteiger partial charge in [-0.2, -0.15) is 13.2 Å². The summed E-state index contributed by atoms with van der Waals surface area (Å²) in [5.74, 6) is -5.99. The summed E-state index contributed by atoms with van der Waals surface area (Å²) in [6.07, 6.45) is -5.36. The second-order valence-corrected chi connectivity index (χ2v) is 8.49. The summed E-state index contributed by atoms with van der Waals surface area (Å²) in [5, 5.41) is 6.96. The monoisotopic (exact) mass is 515 g/mol. The van der Waals surface area contributed by atoms with Crippen LogP contribution in [0.4, 0.5) is 30.7 Å². The molecule has 2 heterocycles. The summed E-state index contributed by atoms with van der Waals surface area (Å²) in [5.41, 5.74) is 6.31. The van der Waals surface area contributed by atoms with Crippen LogP contribution in [-0.2, 0) is 30.4 Å². The van der Waals surface area contributed by atoms with Gasteiger partial charge >= 0.3 is 6.18 Å². The van der Waals surface area contributed by atoms with Crippen molar-refractivity contribution in [1.29, 1.82) is 0 Å². The molecule has 1 aliphatic heterocycles. The van der Waals surface area contributed by atoms with E-state index in [0.29, 0.717) is 17.7 Å². The summed E-state index contributed by atoms with van der Waals surface area (Å²) in [6, 6.07) is 4.33. The molecule has 1 aromatic heterocycles. The molecule has 4 rings (SSSR count). The lowest BCUT2D eigenvalue weighted by Crippen LogP contribution is -2.45. The molecule has 3 aromatic rings. The topological polar surface area (TPSA) is 77.0 Å². The van der Waals surface area contributed by atoms with Crippen molar-refractivity contribution in [1.82, 2.24) is 19.7 Å². The first kappa shape index (κ1) is 25.6. The van der Waals surface area contributed by atoms with E-state index in [1.54, 1.807) is 0 Å². The Kier molecular flexibility index (Phi) is 7.03. The van der Waals surface area contributed by atoms with E-state index in [2.05, 4.69) is 10.2 Å². The summed E-state index contributed by atoms with van der Waals surface area (Å²) in [7, 11) is 0. The summed E-state index contributed by atoms with van der Waals surface area (Å²) in [6.45, 7) is -0.346. The number of hydrogen-bond acceptors (Lipinski definition) is 4. The Morgan fingerprint density at radius 3 is 2.33 bits per heavy atom. The Bertz CT molecular complexity index is 1260. The molecule has 1 unspecified atom stereocenters. The fourth-order valence-corrected chi connectivity index (χ4v) is 4.25. The van der Waals surface area contributed by atoms with Crippen LogP contribution in [0.15, 0.2) is 36.4 Å². The highest BCUT2D eigenvalue weighted by atomic mass is 19.4. The van der Waals surface area contributed by atoms with Crippen LogP contribution in [0.1, 0.15) is 35.2 Å². The fraction of sp³-hybridized carbons (Fsp3) is 0.348. The van der Waals surface area contributed by atoms with E-state index in [1.165, 1.54) is 29.2 Å². The predicted molar refractivity (Wildman–Crippen MR) is 112 cm³/mol. The van der Waals surface area contributed by atoms with Crippen LogP contribution in [0.5, 0.6) is 0 Å². The van der Waals surface area contributed by atoms with E-state index >= 15 is 0 Å². The molecule has 2 atom stereocenters. The van der Waals surface area contributed by atoms with Crippen LogP contribution in [0.3, 0.4) is 0 Å². The minimum absolute atomic E-state index is 0.0229. The Balaban J connectivity index is 1.57. The maximum atomic E-state index is 14.0. The Morgan fingerprint density at radius 1 is 1.00 bits per heavy atom. The average molecular weight is 515 g/mol. The molecule has 2 N–H and O–H groups in total. The Morgan fingerprint density at radius 2 is 1.67 bits per heavy atom. The molecule has 2 aromatic carbocycles. The zero-order chi connectivity index (χ0) is 26.2. The quantitative estimate of drug-likeness (QED) is 0.399. The van der Waals surface area contributed by atoms with E-state index < -0.39 is 53.3 Å². The molecule has 6 nitrogen and oxygen atoms in total. The van der Waals surface area contributed by atoms with Gasteiger partial charge in [0.05, 0.1) is 6.04 Å². The number of rotatable bonds is 6. The highest BCUT2D eigenvalue weighted by Gasteiger charge is 2.43. The number of nitrogens with two attached hydrogens (primary N) is 1. The van der Waals surface area contributed by atoms with Gasteiger partial charge < -0.3 is 15.2 Å². The number of benzene rings is 2. The maximum Gasteiger partial charge on any atom is 0.451 e. The van der Waals surface area contributed by atoms with Crippen LogP contribution in [0.25, 0.3) is 0 Å². The van der Waals surface area contributed by atoms with Crippen LogP contribution in [0, 0.1) is 23.3 Å². The zero-order valence-corrected chi connectivity index (χ0v) is 18.6. The first-order valence-electron chi connectivity index (χ1n) is 10.9. The molecule has 13 heteroatoms. The van der Waals surface area contributed by atoms with E-state index in [1.807, 2.05) is 0 Å². The third kappa shape index (κ3) is 5.35. The molecule has 0 aliphatic carbocycles. The van der Waals surface area contributed by atoms with Gasteiger partial charge in [0.2, 0.25) is 11.7 Å². The van der Waals surface area contributed by atoms with Crippen LogP contribution in [-0.4, -0.2) is 38.2 Å². The van der Waals surface area contributed by atoms with E-state index in [-0.39, 0.29) is 43.7 Å². The lowest BCUT2D eigenvalue weighted by molar-refractivity contribution is -0.148. The van der Waals surface area contributed by atoms with Crippen molar-refractivity contribution in [2.45, 2.75) is 44.1 Å².